The van der Waals surface area contributed by atoms with Crippen LogP contribution in [0.15, 0.2) is 0 Å². The Balaban J connectivity index is 1.58. The van der Waals surface area contributed by atoms with Gasteiger partial charge in [0, 0.05) is 32.2 Å². The Morgan fingerprint density at radius 3 is 2.59 bits per heavy atom. The zero-order chi connectivity index (χ0) is 12.1. The van der Waals surface area contributed by atoms with E-state index in [2.05, 4.69) is 29.0 Å². The van der Waals surface area contributed by atoms with Crippen LogP contribution in [-0.2, 0) is 0 Å². The van der Waals surface area contributed by atoms with Crippen LogP contribution >= 0.6 is 0 Å². The van der Waals surface area contributed by atoms with Crippen LogP contribution < -0.4 is 5.32 Å². The highest BCUT2D eigenvalue weighted by molar-refractivity contribution is 4.80. The lowest BCUT2D eigenvalue weighted by molar-refractivity contribution is 0.262. The molecule has 0 amide bonds. The number of likely N-dealkylation sites (tertiary alicyclic amines) is 2. The van der Waals surface area contributed by atoms with Crippen molar-refractivity contribution in [2.75, 3.05) is 45.8 Å². The summed E-state index contributed by atoms with van der Waals surface area (Å²) in [5.74, 6) is 0.937. The summed E-state index contributed by atoms with van der Waals surface area (Å²) in [7, 11) is 0. The molecule has 100 valence electrons. The van der Waals surface area contributed by atoms with E-state index in [1.165, 1.54) is 58.5 Å². The molecule has 3 nitrogen and oxygen atoms in total. The Morgan fingerprint density at radius 1 is 1.12 bits per heavy atom. The fourth-order valence-corrected chi connectivity index (χ4v) is 3.11. The van der Waals surface area contributed by atoms with Gasteiger partial charge in [-0.2, -0.15) is 0 Å². The summed E-state index contributed by atoms with van der Waals surface area (Å²) in [4.78, 5) is 5.30. The normalized spacial score (nSPS) is 27.4. The monoisotopic (exact) mass is 239 g/mol. The van der Waals surface area contributed by atoms with Crippen molar-refractivity contribution in [3.63, 3.8) is 0 Å². The molecule has 0 spiro atoms. The highest BCUT2D eigenvalue weighted by atomic mass is 15.2. The summed E-state index contributed by atoms with van der Waals surface area (Å²) in [5, 5.41) is 3.51. The van der Waals surface area contributed by atoms with E-state index >= 15 is 0 Å². The predicted molar refractivity (Wildman–Crippen MR) is 73.4 cm³/mol. The molecule has 2 rings (SSSR count). The first kappa shape index (κ1) is 13.3. The van der Waals surface area contributed by atoms with Crippen LogP contribution in [0.25, 0.3) is 0 Å². The molecule has 0 aromatic heterocycles. The molecule has 2 heterocycles. The van der Waals surface area contributed by atoms with Crippen LogP contribution in [0, 0.1) is 5.92 Å². The van der Waals surface area contributed by atoms with Crippen molar-refractivity contribution in [3.05, 3.63) is 0 Å². The van der Waals surface area contributed by atoms with Gasteiger partial charge < -0.3 is 15.1 Å². The van der Waals surface area contributed by atoms with Crippen molar-refractivity contribution in [1.82, 2.24) is 15.1 Å². The lowest BCUT2D eigenvalue weighted by atomic mass is 10.1. The molecule has 0 aromatic carbocycles. The second kappa shape index (κ2) is 6.72. The molecule has 0 bridgehead atoms. The van der Waals surface area contributed by atoms with Crippen LogP contribution in [0.4, 0.5) is 0 Å². The maximum absolute atomic E-state index is 3.51. The molecule has 2 aliphatic heterocycles. The van der Waals surface area contributed by atoms with Gasteiger partial charge in [-0.05, 0) is 44.8 Å². The minimum absolute atomic E-state index is 0.623. The molecule has 0 aromatic rings. The van der Waals surface area contributed by atoms with Crippen molar-refractivity contribution in [3.8, 4) is 0 Å². The van der Waals surface area contributed by atoms with Crippen LogP contribution in [-0.4, -0.2) is 61.7 Å². The second-order valence-corrected chi connectivity index (χ2v) is 6.07. The van der Waals surface area contributed by atoms with E-state index in [1.54, 1.807) is 0 Å². The van der Waals surface area contributed by atoms with Crippen LogP contribution in [0.1, 0.15) is 33.1 Å². The van der Waals surface area contributed by atoms with E-state index in [0.717, 1.165) is 12.5 Å². The largest absolute Gasteiger partial charge is 0.313 e. The Kier molecular flexibility index (Phi) is 5.26. The lowest BCUT2D eigenvalue weighted by Gasteiger charge is -2.21. The first-order valence-electron chi connectivity index (χ1n) is 7.42. The molecule has 2 fully saturated rings. The van der Waals surface area contributed by atoms with Crippen molar-refractivity contribution >= 4 is 0 Å². The van der Waals surface area contributed by atoms with Gasteiger partial charge in [-0.3, -0.25) is 0 Å². The summed E-state index contributed by atoms with van der Waals surface area (Å²) >= 11 is 0. The van der Waals surface area contributed by atoms with Gasteiger partial charge in [0.25, 0.3) is 0 Å². The van der Waals surface area contributed by atoms with E-state index in [0.29, 0.717) is 6.04 Å². The summed E-state index contributed by atoms with van der Waals surface area (Å²) in [5.41, 5.74) is 0. The smallest absolute Gasteiger partial charge is 0.0107 e. The van der Waals surface area contributed by atoms with E-state index in [4.69, 9.17) is 0 Å². The molecular formula is C14H29N3. The molecule has 1 atom stereocenters. The minimum Gasteiger partial charge on any atom is -0.313 e. The Hall–Kier alpha value is -0.120. The van der Waals surface area contributed by atoms with Gasteiger partial charge in [-0.25, -0.2) is 0 Å². The van der Waals surface area contributed by atoms with Crippen molar-refractivity contribution < 1.29 is 0 Å². The molecule has 0 aliphatic carbocycles. The molecule has 17 heavy (non-hydrogen) atoms. The number of hydrogen-bond acceptors (Lipinski definition) is 3. The average Bonchev–Trinajstić information content (AvgIpc) is 2.90. The lowest BCUT2D eigenvalue weighted by Crippen LogP contribution is -2.34. The minimum atomic E-state index is 0.623. The van der Waals surface area contributed by atoms with Crippen molar-refractivity contribution in [1.29, 1.82) is 0 Å². The van der Waals surface area contributed by atoms with E-state index in [-0.39, 0.29) is 0 Å². The molecule has 0 saturated carbocycles. The van der Waals surface area contributed by atoms with Crippen LogP contribution in [0.2, 0.25) is 0 Å². The maximum atomic E-state index is 3.51. The molecular weight excluding hydrogens is 210 g/mol. The number of hydrogen-bond donors (Lipinski definition) is 1. The van der Waals surface area contributed by atoms with Gasteiger partial charge >= 0.3 is 0 Å². The molecule has 0 radical (unpaired) electrons. The predicted octanol–water partition coefficient (Wildman–Crippen LogP) is 1.40. The summed E-state index contributed by atoms with van der Waals surface area (Å²) < 4.78 is 0. The molecule has 0 unspecified atom stereocenters. The summed E-state index contributed by atoms with van der Waals surface area (Å²) in [6, 6.07) is 0.623. The topological polar surface area (TPSA) is 18.5 Å². The second-order valence-electron chi connectivity index (χ2n) is 6.07. The molecule has 1 N–H and O–H groups in total. The van der Waals surface area contributed by atoms with E-state index < -0.39 is 0 Å². The fraction of sp³-hybridized carbons (Fsp3) is 1.00. The summed E-state index contributed by atoms with van der Waals surface area (Å²) in [6.07, 6.45) is 4.27. The number of rotatable bonds is 6. The zero-order valence-electron chi connectivity index (χ0n) is 11.6. The first-order chi connectivity index (χ1) is 8.24. The van der Waals surface area contributed by atoms with Gasteiger partial charge in [0.2, 0.25) is 0 Å². The standard InChI is InChI=1S/C14H29N3/c1-13(2)15-6-10-17-9-5-14(12-17)11-16-7-3-4-8-16/h13-15H,3-12H2,1-2H3/t14-/m0/s1. The van der Waals surface area contributed by atoms with Crippen molar-refractivity contribution in [2.24, 2.45) is 5.92 Å². The zero-order valence-corrected chi connectivity index (χ0v) is 11.6. The third-order valence-corrected chi connectivity index (χ3v) is 4.07. The molecule has 2 aliphatic rings. The van der Waals surface area contributed by atoms with Crippen molar-refractivity contribution in [2.45, 2.75) is 39.2 Å². The Labute approximate surface area is 107 Å². The Bertz CT molecular complexity index is 212. The number of nitrogens with one attached hydrogen (secondary N) is 1. The first-order valence-corrected chi connectivity index (χ1v) is 7.42. The average molecular weight is 239 g/mol. The maximum Gasteiger partial charge on any atom is 0.0107 e. The van der Waals surface area contributed by atoms with E-state index in [1.807, 2.05) is 0 Å². The third kappa shape index (κ3) is 4.57. The van der Waals surface area contributed by atoms with Gasteiger partial charge in [-0.15, -0.1) is 0 Å². The van der Waals surface area contributed by atoms with Crippen LogP contribution in [0.5, 0.6) is 0 Å². The molecule has 3 heteroatoms. The third-order valence-electron chi connectivity index (χ3n) is 4.07. The quantitative estimate of drug-likeness (QED) is 0.756. The fourth-order valence-electron chi connectivity index (χ4n) is 3.11. The number of nitrogens with zero attached hydrogens (tertiary/aromatic N) is 2. The molecule has 2 saturated heterocycles. The van der Waals surface area contributed by atoms with E-state index in [9.17, 15) is 0 Å². The van der Waals surface area contributed by atoms with Gasteiger partial charge in [0.15, 0.2) is 0 Å². The SMILES string of the molecule is CC(C)NCCN1CC[C@@H](CN2CCCC2)C1. The van der Waals surface area contributed by atoms with Crippen LogP contribution in [0.3, 0.4) is 0 Å². The van der Waals surface area contributed by atoms with Gasteiger partial charge in [0.1, 0.15) is 0 Å². The van der Waals surface area contributed by atoms with Gasteiger partial charge in [-0.1, -0.05) is 13.8 Å². The highest BCUT2D eigenvalue weighted by Gasteiger charge is 2.24. The highest BCUT2D eigenvalue weighted by Crippen LogP contribution is 2.19. The Morgan fingerprint density at radius 2 is 1.88 bits per heavy atom. The van der Waals surface area contributed by atoms with Gasteiger partial charge in [0.05, 0.1) is 0 Å². The summed E-state index contributed by atoms with van der Waals surface area (Å²) in [6.45, 7) is 13.5.